The van der Waals surface area contributed by atoms with Crippen molar-refractivity contribution in [2.45, 2.75) is 4.90 Å². The Labute approximate surface area is 220 Å². The Morgan fingerprint density at radius 2 is 1.26 bits per heavy atom. The molecule has 0 atom stereocenters. The van der Waals surface area contributed by atoms with Gasteiger partial charge in [-0.3, -0.25) is 14.1 Å². The minimum absolute atomic E-state index is 0. The molecule has 0 unspecified atom stereocenters. The van der Waals surface area contributed by atoms with Crippen LogP contribution in [-0.4, -0.2) is 123 Å². The van der Waals surface area contributed by atoms with Crippen molar-refractivity contribution >= 4 is 122 Å². The zero-order valence-corrected chi connectivity index (χ0v) is 12.6. The molecule has 2 aromatic carbocycles. The topological polar surface area (TPSA) is 181 Å². The Balaban J connectivity index is 0.00000225. The molecule has 1 aliphatic carbocycles. The molecule has 1 aliphatic rings. The molecular formula is C14H13N2Na3O7S. The van der Waals surface area contributed by atoms with E-state index in [9.17, 15) is 28.2 Å². The predicted octanol–water partition coefficient (Wildman–Crippen LogP) is -1.66. The molecule has 0 saturated heterocycles. The molecule has 9 nitrogen and oxygen atoms in total. The Morgan fingerprint density at radius 1 is 0.778 bits per heavy atom. The van der Waals surface area contributed by atoms with Crippen molar-refractivity contribution < 1.29 is 32.8 Å². The number of carbonyl (C=O) groups excluding carboxylic acids is 2. The van der Waals surface area contributed by atoms with Crippen LogP contribution in [-0.2, 0) is 10.1 Å². The number of nitrogen functional groups attached to an aromatic ring is 2. The van der Waals surface area contributed by atoms with Crippen LogP contribution in [0.15, 0.2) is 23.1 Å². The van der Waals surface area contributed by atoms with E-state index >= 15 is 0 Å². The average molecular weight is 422 g/mol. The molecule has 2 aromatic rings. The monoisotopic (exact) mass is 422 g/mol. The minimum atomic E-state index is -4.90. The van der Waals surface area contributed by atoms with E-state index in [0.29, 0.717) is 6.07 Å². The summed E-state index contributed by atoms with van der Waals surface area (Å²) in [7, 11) is -4.90. The predicted molar refractivity (Wildman–Crippen MR) is 103 cm³/mol. The first-order valence-electron chi connectivity index (χ1n) is 6.39. The second-order valence-corrected chi connectivity index (χ2v) is 6.51. The Hall–Kier alpha value is -0.110. The van der Waals surface area contributed by atoms with Gasteiger partial charge in [-0.2, -0.15) is 8.42 Å². The fourth-order valence-corrected chi connectivity index (χ4v) is 3.28. The van der Waals surface area contributed by atoms with Crippen LogP contribution in [0.25, 0.3) is 0 Å². The summed E-state index contributed by atoms with van der Waals surface area (Å²) in [4.78, 5) is 24.2. The Morgan fingerprint density at radius 3 is 1.78 bits per heavy atom. The normalized spacial score (nSPS) is 12.0. The van der Waals surface area contributed by atoms with Gasteiger partial charge in [-0.05, 0) is 18.2 Å². The Kier molecular flexibility index (Phi) is 9.10. The van der Waals surface area contributed by atoms with Crippen molar-refractivity contribution in [3.63, 3.8) is 0 Å². The molecule has 0 radical (unpaired) electrons. The molecule has 13 heteroatoms. The maximum absolute atomic E-state index is 12.6. The van der Waals surface area contributed by atoms with Crippen LogP contribution in [0, 0.1) is 0 Å². The maximum atomic E-state index is 12.6. The third-order valence-corrected chi connectivity index (χ3v) is 4.56. The number of ketones is 2. The molecule has 0 bridgehead atoms. The number of rotatable bonds is 1. The Bertz CT molecular complexity index is 1070. The first kappa shape index (κ1) is 26.9. The molecule has 0 heterocycles. The zero-order chi connectivity index (χ0) is 18.0. The third-order valence-electron chi connectivity index (χ3n) is 3.70. The van der Waals surface area contributed by atoms with Gasteiger partial charge < -0.3 is 21.7 Å². The summed E-state index contributed by atoms with van der Waals surface area (Å²) in [6, 6.07) is 2.95. The molecule has 0 amide bonds. The number of aromatic hydroxyl groups is 2. The number of hydrogen-bond acceptors (Lipinski definition) is 8. The van der Waals surface area contributed by atoms with E-state index < -0.39 is 60.5 Å². The van der Waals surface area contributed by atoms with Gasteiger partial charge in [-0.1, -0.05) is 0 Å². The van der Waals surface area contributed by atoms with Gasteiger partial charge in [0.05, 0.1) is 22.3 Å². The third kappa shape index (κ3) is 4.26. The SMILES string of the molecule is Nc1ccc(O)c2c1C(=O)c1c(O)c(S(=O)(=O)O)cc(N)c1C2=O.[NaH].[NaH].[NaH]. The molecule has 0 aromatic heterocycles. The molecule has 3 rings (SSSR count). The molecule has 0 saturated carbocycles. The van der Waals surface area contributed by atoms with Gasteiger partial charge in [-0.25, -0.2) is 0 Å². The number of fused-ring (bicyclic) bond motifs is 2. The van der Waals surface area contributed by atoms with Crippen molar-refractivity contribution in [3.8, 4) is 11.5 Å². The van der Waals surface area contributed by atoms with Crippen LogP contribution in [0.5, 0.6) is 11.5 Å². The van der Waals surface area contributed by atoms with E-state index in [-0.39, 0.29) is 99.9 Å². The number of hydrogen-bond donors (Lipinski definition) is 5. The van der Waals surface area contributed by atoms with Crippen LogP contribution in [0.2, 0.25) is 0 Å². The van der Waals surface area contributed by atoms with Gasteiger partial charge >= 0.3 is 88.7 Å². The molecule has 0 spiro atoms. The summed E-state index contributed by atoms with van der Waals surface area (Å²) >= 11 is 0. The number of anilines is 2. The first-order chi connectivity index (χ1) is 11.1. The van der Waals surface area contributed by atoms with Crippen molar-refractivity contribution in [1.82, 2.24) is 0 Å². The van der Waals surface area contributed by atoms with Crippen LogP contribution in [0.3, 0.4) is 0 Å². The van der Waals surface area contributed by atoms with E-state index in [4.69, 9.17) is 16.0 Å². The summed E-state index contributed by atoms with van der Waals surface area (Å²) in [6.07, 6.45) is 0. The van der Waals surface area contributed by atoms with Crippen LogP contribution >= 0.6 is 0 Å². The van der Waals surface area contributed by atoms with Crippen LogP contribution in [0.1, 0.15) is 31.8 Å². The van der Waals surface area contributed by atoms with E-state index in [0.717, 1.165) is 6.07 Å². The fourth-order valence-electron chi connectivity index (χ4n) is 2.66. The summed E-state index contributed by atoms with van der Waals surface area (Å²) in [5.74, 6) is -3.53. The van der Waals surface area contributed by atoms with Gasteiger partial charge in [0.15, 0.2) is 0 Å². The number of phenols is 2. The van der Waals surface area contributed by atoms with E-state index in [1.807, 2.05) is 0 Å². The molecule has 7 N–H and O–H groups in total. The van der Waals surface area contributed by atoms with Crippen LogP contribution in [0.4, 0.5) is 11.4 Å². The molecular weight excluding hydrogens is 409 g/mol. The number of phenolic OH excluding ortho intramolecular Hbond substituents is 2. The number of carbonyl (C=O) groups is 2. The van der Waals surface area contributed by atoms with Crippen molar-refractivity contribution in [2.75, 3.05) is 11.5 Å². The summed E-state index contributed by atoms with van der Waals surface area (Å²) < 4.78 is 31.8. The van der Waals surface area contributed by atoms with Crippen LogP contribution < -0.4 is 11.5 Å². The quantitative estimate of drug-likeness (QED) is 0.133. The van der Waals surface area contributed by atoms with E-state index in [1.165, 1.54) is 6.07 Å². The second-order valence-electron chi connectivity index (χ2n) is 5.12. The van der Waals surface area contributed by atoms with Crippen molar-refractivity contribution in [2.24, 2.45) is 0 Å². The molecule has 27 heavy (non-hydrogen) atoms. The summed E-state index contributed by atoms with van der Waals surface area (Å²) in [5.41, 5.74) is 8.75. The molecule has 0 aliphatic heterocycles. The zero-order valence-electron chi connectivity index (χ0n) is 11.8. The van der Waals surface area contributed by atoms with E-state index in [1.54, 1.807) is 0 Å². The average Bonchev–Trinajstić information content (AvgIpc) is 2.47. The second kappa shape index (κ2) is 9.14. The van der Waals surface area contributed by atoms with Gasteiger partial charge in [0.25, 0.3) is 10.1 Å². The summed E-state index contributed by atoms with van der Waals surface area (Å²) in [6.45, 7) is 0. The molecule has 0 fully saturated rings. The number of nitrogens with two attached hydrogens (primary N) is 2. The summed E-state index contributed by atoms with van der Waals surface area (Å²) in [5, 5.41) is 20.0. The molecule has 130 valence electrons. The standard InChI is InChI=1S/C14H10N2O7S.3Na.3H/c15-4-1-2-6(17)10-8(4)14(20)11-9(13(10)19)5(16)3-7(12(11)18)24(21,22)23;;;;;;/h1-3,17-18H,15-16H2,(H,21,22,23);;;;;;. The van der Waals surface area contributed by atoms with Gasteiger partial charge in [-0.15, -0.1) is 0 Å². The fraction of sp³-hybridized carbons (Fsp3) is 0. The van der Waals surface area contributed by atoms with Crippen molar-refractivity contribution in [3.05, 3.63) is 40.5 Å². The first-order valence-corrected chi connectivity index (χ1v) is 7.83. The van der Waals surface area contributed by atoms with Gasteiger partial charge in [0.2, 0.25) is 11.6 Å². The van der Waals surface area contributed by atoms with E-state index in [2.05, 4.69) is 0 Å². The van der Waals surface area contributed by atoms with Crippen molar-refractivity contribution in [1.29, 1.82) is 0 Å². The number of benzene rings is 2. The van der Waals surface area contributed by atoms with Gasteiger partial charge in [0.1, 0.15) is 16.4 Å². The van der Waals surface area contributed by atoms with Gasteiger partial charge in [0, 0.05) is 11.4 Å².